The van der Waals surface area contributed by atoms with Crippen LogP contribution in [0.4, 0.5) is 8.78 Å². The molecule has 1 rings (SSSR count). The molecule has 13 heavy (non-hydrogen) atoms. The van der Waals surface area contributed by atoms with Crippen molar-refractivity contribution in [1.82, 2.24) is 5.32 Å². The first-order valence-corrected chi connectivity index (χ1v) is 4.76. The number of alkyl halides is 2. The molecule has 0 aromatic heterocycles. The van der Waals surface area contributed by atoms with Crippen molar-refractivity contribution >= 4 is 5.91 Å². The van der Waals surface area contributed by atoms with Gasteiger partial charge in [0.25, 0.3) is 5.91 Å². The number of rotatable bonds is 3. The molecule has 0 atom stereocenters. The largest absolute Gasteiger partial charge is 0.351 e. The first kappa shape index (κ1) is 10.4. The molecule has 0 bridgehead atoms. The van der Waals surface area contributed by atoms with Gasteiger partial charge in [-0.3, -0.25) is 4.79 Å². The number of amides is 1. The van der Waals surface area contributed by atoms with E-state index in [1.165, 1.54) is 6.42 Å². The molecule has 0 aromatic carbocycles. The van der Waals surface area contributed by atoms with E-state index in [1.807, 2.05) is 0 Å². The Morgan fingerprint density at radius 2 is 1.92 bits per heavy atom. The van der Waals surface area contributed by atoms with Crippen LogP contribution < -0.4 is 5.32 Å². The van der Waals surface area contributed by atoms with Crippen LogP contribution in [-0.2, 0) is 4.79 Å². The van der Waals surface area contributed by atoms with E-state index in [4.69, 9.17) is 0 Å². The number of carbonyl (C=O) groups excluding carboxylic acids is 1. The summed E-state index contributed by atoms with van der Waals surface area (Å²) in [5, 5.41) is 2.26. The summed E-state index contributed by atoms with van der Waals surface area (Å²) in [4.78, 5) is 10.5. The SMILES string of the molecule is O=C(NCC1CCCCC1)C(F)F. The second kappa shape index (κ2) is 5.14. The summed E-state index contributed by atoms with van der Waals surface area (Å²) < 4.78 is 23.5. The van der Waals surface area contributed by atoms with Crippen LogP contribution in [-0.4, -0.2) is 18.9 Å². The highest BCUT2D eigenvalue weighted by Gasteiger charge is 2.18. The van der Waals surface area contributed by atoms with Crippen LogP contribution in [0.25, 0.3) is 0 Å². The van der Waals surface area contributed by atoms with Crippen LogP contribution >= 0.6 is 0 Å². The molecule has 76 valence electrons. The van der Waals surface area contributed by atoms with Crippen LogP contribution in [0, 0.1) is 5.92 Å². The summed E-state index contributed by atoms with van der Waals surface area (Å²) in [5.41, 5.74) is 0. The highest BCUT2D eigenvalue weighted by Crippen LogP contribution is 2.22. The highest BCUT2D eigenvalue weighted by molar-refractivity contribution is 5.78. The van der Waals surface area contributed by atoms with Crippen molar-refractivity contribution in [2.24, 2.45) is 5.92 Å². The van der Waals surface area contributed by atoms with Crippen molar-refractivity contribution in [3.63, 3.8) is 0 Å². The van der Waals surface area contributed by atoms with Crippen molar-refractivity contribution < 1.29 is 13.6 Å². The molecule has 0 unspecified atom stereocenters. The molecule has 4 heteroatoms. The molecule has 1 amide bonds. The number of carbonyl (C=O) groups is 1. The summed E-state index contributed by atoms with van der Waals surface area (Å²) in [6, 6.07) is 0. The zero-order chi connectivity index (χ0) is 9.68. The molecule has 1 N–H and O–H groups in total. The quantitative estimate of drug-likeness (QED) is 0.725. The number of nitrogens with one attached hydrogen (secondary N) is 1. The first-order chi connectivity index (χ1) is 6.20. The highest BCUT2D eigenvalue weighted by atomic mass is 19.3. The Labute approximate surface area is 76.7 Å². The van der Waals surface area contributed by atoms with Gasteiger partial charge in [-0.05, 0) is 18.8 Å². The molecule has 2 nitrogen and oxygen atoms in total. The molecule has 1 saturated carbocycles. The van der Waals surface area contributed by atoms with Crippen LogP contribution in [0.1, 0.15) is 32.1 Å². The predicted octanol–water partition coefficient (Wildman–Crippen LogP) is 1.95. The fraction of sp³-hybridized carbons (Fsp3) is 0.889. The van der Waals surface area contributed by atoms with E-state index in [0.29, 0.717) is 12.5 Å². The van der Waals surface area contributed by atoms with Gasteiger partial charge in [-0.15, -0.1) is 0 Å². The summed E-state index contributed by atoms with van der Waals surface area (Å²) in [6.07, 6.45) is 2.81. The lowest BCUT2D eigenvalue weighted by Crippen LogP contribution is -2.34. The Morgan fingerprint density at radius 1 is 1.31 bits per heavy atom. The smallest absolute Gasteiger partial charge is 0.315 e. The van der Waals surface area contributed by atoms with Gasteiger partial charge in [0, 0.05) is 6.54 Å². The third-order valence-electron chi connectivity index (χ3n) is 2.49. The van der Waals surface area contributed by atoms with Crippen molar-refractivity contribution in [2.75, 3.05) is 6.54 Å². The zero-order valence-corrected chi connectivity index (χ0v) is 7.56. The summed E-state index contributed by atoms with van der Waals surface area (Å²) in [6.45, 7) is 0.420. The average Bonchev–Trinajstić information content (AvgIpc) is 2.15. The van der Waals surface area contributed by atoms with Crippen LogP contribution in [0.2, 0.25) is 0 Å². The van der Waals surface area contributed by atoms with Crippen molar-refractivity contribution in [3.05, 3.63) is 0 Å². The van der Waals surface area contributed by atoms with E-state index in [2.05, 4.69) is 5.32 Å². The van der Waals surface area contributed by atoms with E-state index in [0.717, 1.165) is 25.7 Å². The van der Waals surface area contributed by atoms with E-state index in [9.17, 15) is 13.6 Å². The molecule has 0 saturated heterocycles. The van der Waals surface area contributed by atoms with Gasteiger partial charge >= 0.3 is 6.43 Å². The Hall–Kier alpha value is -0.670. The molecule has 0 aromatic rings. The van der Waals surface area contributed by atoms with E-state index in [1.54, 1.807) is 0 Å². The molecular formula is C9H15F2NO. The fourth-order valence-electron chi connectivity index (χ4n) is 1.71. The van der Waals surface area contributed by atoms with Crippen LogP contribution in [0.15, 0.2) is 0 Å². The third kappa shape index (κ3) is 3.70. The lowest BCUT2D eigenvalue weighted by molar-refractivity contribution is -0.131. The molecule has 0 aliphatic heterocycles. The third-order valence-corrected chi connectivity index (χ3v) is 2.49. The molecule has 0 spiro atoms. The summed E-state index contributed by atoms with van der Waals surface area (Å²) >= 11 is 0. The first-order valence-electron chi connectivity index (χ1n) is 4.76. The summed E-state index contributed by atoms with van der Waals surface area (Å²) in [7, 11) is 0. The van der Waals surface area contributed by atoms with Gasteiger partial charge in [0.1, 0.15) is 0 Å². The maximum absolute atomic E-state index is 11.8. The Bertz CT molecular complexity index is 167. The molecule has 1 fully saturated rings. The zero-order valence-electron chi connectivity index (χ0n) is 7.56. The van der Waals surface area contributed by atoms with E-state index < -0.39 is 12.3 Å². The second-order valence-corrected chi connectivity index (χ2v) is 3.55. The van der Waals surface area contributed by atoms with Crippen molar-refractivity contribution in [1.29, 1.82) is 0 Å². The number of hydrogen-bond acceptors (Lipinski definition) is 1. The van der Waals surface area contributed by atoms with Gasteiger partial charge in [-0.1, -0.05) is 19.3 Å². The minimum absolute atomic E-state index is 0.413. The van der Waals surface area contributed by atoms with E-state index >= 15 is 0 Å². The van der Waals surface area contributed by atoms with Gasteiger partial charge < -0.3 is 5.32 Å². The predicted molar refractivity (Wildman–Crippen MR) is 45.6 cm³/mol. The van der Waals surface area contributed by atoms with Gasteiger partial charge in [0.15, 0.2) is 0 Å². The standard InChI is InChI=1S/C9H15F2NO/c10-8(11)9(13)12-6-7-4-2-1-3-5-7/h7-8H,1-6H2,(H,12,13). The normalized spacial score (nSPS) is 19.0. The lowest BCUT2D eigenvalue weighted by Gasteiger charge is -2.21. The van der Waals surface area contributed by atoms with E-state index in [-0.39, 0.29) is 0 Å². The average molecular weight is 191 g/mol. The van der Waals surface area contributed by atoms with Crippen molar-refractivity contribution in [2.45, 2.75) is 38.5 Å². The van der Waals surface area contributed by atoms with Gasteiger partial charge in [-0.25, -0.2) is 0 Å². The van der Waals surface area contributed by atoms with Gasteiger partial charge in [0.2, 0.25) is 0 Å². The molecule has 1 aliphatic rings. The minimum Gasteiger partial charge on any atom is -0.351 e. The summed E-state index contributed by atoms with van der Waals surface area (Å²) in [5.74, 6) is -0.720. The molecule has 0 heterocycles. The number of hydrogen-bond donors (Lipinski definition) is 1. The topological polar surface area (TPSA) is 29.1 Å². The Kier molecular flexibility index (Phi) is 4.12. The van der Waals surface area contributed by atoms with Crippen LogP contribution in [0.5, 0.6) is 0 Å². The Morgan fingerprint density at radius 3 is 2.46 bits per heavy atom. The maximum Gasteiger partial charge on any atom is 0.315 e. The number of halogens is 2. The lowest BCUT2D eigenvalue weighted by atomic mass is 9.89. The molecular weight excluding hydrogens is 176 g/mol. The molecule has 0 radical (unpaired) electrons. The minimum atomic E-state index is -2.87. The monoisotopic (exact) mass is 191 g/mol. The van der Waals surface area contributed by atoms with Gasteiger partial charge in [-0.2, -0.15) is 8.78 Å². The second-order valence-electron chi connectivity index (χ2n) is 3.55. The van der Waals surface area contributed by atoms with Crippen molar-refractivity contribution in [3.8, 4) is 0 Å². The maximum atomic E-state index is 11.8. The Balaban J connectivity index is 2.13. The fourth-order valence-corrected chi connectivity index (χ4v) is 1.71. The van der Waals surface area contributed by atoms with Gasteiger partial charge in [0.05, 0.1) is 0 Å². The molecule has 1 aliphatic carbocycles. The van der Waals surface area contributed by atoms with Crippen LogP contribution in [0.3, 0.4) is 0 Å².